The lowest BCUT2D eigenvalue weighted by atomic mass is 9.81. The Hall–Kier alpha value is -1.69. The van der Waals surface area contributed by atoms with Gasteiger partial charge in [-0.05, 0) is 31.2 Å². The highest BCUT2D eigenvalue weighted by Crippen LogP contribution is 2.34. The number of nitrogens with zero attached hydrogens (tertiary/aromatic N) is 3. The number of aliphatic hydroxyl groups is 1. The van der Waals surface area contributed by atoms with Gasteiger partial charge in [0.25, 0.3) is 0 Å². The molecule has 0 aliphatic carbocycles. The second-order valence-electron chi connectivity index (χ2n) is 6.13. The average molecular weight is 293 g/mol. The summed E-state index contributed by atoms with van der Waals surface area (Å²) in [5, 5.41) is 9.58. The van der Waals surface area contributed by atoms with Gasteiger partial charge >= 0.3 is 5.97 Å². The van der Waals surface area contributed by atoms with Crippen molar-refractivity contribution >= 4 is 11.8 Å². The van der Waals surface area contributed by atoms with Gasteiger partial charge in [0, 0.05) is 12.7 Å². The van der Waals surface area contributed by atoms with Gasteiger partial charge in [0.2, 0.25) is 5.82 Å². The van der Waals surface area contributed by atoms with E-state index >= 15 is 0 Å². The standard InChI is InChI=1S/C15H23N3O3/c1-4-21-14(20)13-16-8-6-12(17-13)18-10-15(2,3)7-5-11(18)9-19/h6,8,11,19H,4-5,7,9-10H2,1-3H3/t11-/m1/s1. The fraction of sp³-hybridized carbons (Fsp3) is 0.667. The Kier molecular flexibility index (Phi) is 4.77. The van der Waals surface area contributed by atoms with Crippen molar-refractivity contribution in [1.29, 1.82) is 0 Å². The molecular weight excluding hydrogens is 270 g/mol. The molecule has 0 aromatic carbocycles. The van der Waals surface area contributed by atoms with Gasteiger partial charge in [-0.1, -0.05) is 13.8 Å². The van der Waals surface area contributed by atoms with E-state index in [0.29, 0.717) is 12.4 Å². The fourth-order valence-corrected chi connectivity index (χ4v) is 2.64. The van der Waals surface area contributed by atoms with Crippen molar-refractivity contribution in [3.63, 3.8) is 0 Å². The third-order valence-electron chi connectivity index (χ3n) is 3.80. The SMILES string of the molecule is CCOC(=O)c1nccc(N2CC(C)(C)CC[C@@H]2CO)n1. The van der Waals surface area contributed by atoms with E-state index in [4.69, 9.17) is 4.74 Å². The van der Waals surface area contributed by atoms with Crippen LogP contribution >= 0.6 is 0 Å². The quantitative estimate of drug-likeness (QED) is 0.851. The van der Waals surface area contributed by atoms with Crippen LogP contribution < -0.4 is 4.90 Å². The largest absolute Gasteiger partial charge is 0.460 e. The predicted molar refractivity (Wildman–Crippen MR) is 79.2 cm³/mol. The summed E-state index contributed by atoms with van der Waals surface area (Å²) in [6.07, 6.45) is 3.53. The normalized spacial score (nSPS) is 21.1. The minimum Gasteiger partial charge on any atom is -0.460 e. The zero-order chi connectivity index (χ0) is 15.5. The van der Waals surface area contributed by atoms with Gasteiger partial charge in [0.05, 0.1) is 19.3 Å². The molecule has 1 N–H and O–H groups in total. The Morgan fingerprint density at radius 3 is 3.00 bits per heavy atom. The summed E-state index contributed by atoms with van der Waals surface area (Å²) in [4.78, 5) is 22.1. The highest BCUT2D eigenvalue weighted by Gasteiger charge is 2.33. The van der Waals surface area contributed by atoms with Crippen molar-refractivity contribution in [2.75, 3.05) is 24.7 Å². The molecule has 0 unspecified atom stereocenters. The lowest BCUT2D eigenvalue weighted by Gasteiger charge is -2.43. The van der Waals surface area contributed by atoms with Crippen molar-refractivity contribution in [1.82, 2.24) is 9.97 Å². The number of piperidine rings is 1. The molecule has 0 spiro atoms. The smallest absolute Gasteiger partial charge is 0.376 e. The lowest BCUT2D eigenvalue weighted by Crippen LogP contribution is -2.49. The highest BCUT2D eigenvalue weighted by molar-refractivity contribution is 5.85. The van der Waals surface area contributed by atoms with Gasteiger partial charge in [-0.25, -0.2) is 14.8 Å². The van der Waals surface area contributed by atoms with Gasteiger partial charge in [0.1, 0.15) is 5.82 Å². The molecule has 0 bridgehead atoms. The first kappa shape index (κ1) is 15.7. The van der Waals surface area contributed by atoms with E-state index < -0.39 is 5.97 Å². The van der Waals surface area contributed by atoms with Crippen LogP contribution in [0, 0.1) is 5.41 Å². The molecule has 1 aliphatic heterocycles. The molecule has 6 heteroatoms. The molecular formula is C15H23N3O3. The molecule has 1 fully saturated rings. The van der Waals surface area contributed by atoms with Crippen molar-refractivity contribution in [2.45, 2.75) is 39.7 Å². The van der Waals surface area contributed by atoms with E-state index in [1.54, 1.807) is 19.2 Å². The van der Waals surface area contributed by atoms with Crippen LogP contribution in [0.4, 0.5) is 5.82 Å². The third-order valence-corrected chi connectivity index (χ3v) is 3.80. The van der Waals surface area contributed by atoms with Crippen LogP contribution in [0.5, 0.6) is 0 Å². The zero-order valence-electron chi connectivity index (χ0n) is 12.9. The van der Waals surface area contributed by atoms with Crippen LogP contribution in [-0.2, 0) is 4.74 Å². The number of hydrogen-bond donors (Lipinski definition) is 1. The summed E-state index contributed by atoms with van der Waals surface area (Å²) < 4.78 is 4.93. The molecule has 1 aromatic heterocycles. The van der Waals surface area contributed by atoms with Crippen LogP contribution in [0.1, 0.15) is 44.2 Å². The molecule has 2 heterocycles. The first-order valence-corrected chi connectivity index (χ1v) is 7.34. The van der Waals surface area contributed by atoms with E-state index in [1.165, 1.54) is 0 Å². The number of rotatable bonds is 4. The molecule has 0 amide bonds. The van der Waals surface area contributed by atoms with Crippen LogP contribution in [0.3, 0.4) is 0 Å². The molecule has 116 valence electrons. The van der Waals surface area contributed by atoms with Gasteiger partial charge in [-0.3, -0.25) is 0 Å². The number of aliphatic hydroxyl groups excluding tert-OH is 1. The fourth-order valence-electron chi connectivity index (χ4n) is 2.64. The summed E-state index contributed by atoms with van der Waals surface area (Å²) >= 11 is 0. The summed E-state index contributed by atoms with van der Waals surface area (Å²) in [5.74, 6) is 0.213. The maximum Gasteiger partial charge on any atom is 0.376 e. The lowest BCUT2D eigenvalue weighted by molar-refractivity contribution is 0.0512. The molecule has 0 radical (unpaired) electrons. The molecule has 0 saturated carbocycles. The number of anilines is 1. The maximum atomic E-state index is 11.7. The van der Waals surface area contributed by atoms with Crippen LogP contribution in [0.2, 0.25) is 0 Å². The second-order valence-corrected chi connectivity index (χ2v) is 6.13. The number of carbonyl (C=O) groups is 1. The van der Waals surface area contributed by atoms with Crippen LogP contribution in [0.25, 0.3) is 0 Å². The van der Waals surface area contributed by atoms with Gasteiger partial charge in [-0.2, -0.15) is 0 Å². The monoisotopic (exact) mass is 293 g/mol. The molecule has 21 heavy (non-hydrogen) atoms. The second kappa shape index (κ2) is 6.39. The Morgan fingerprint density at radius 1 is 1.57 bits per heavy atom. The molecule has 1 saturated heterocycles. The van der Waals surface area contributed by atoms with Crippen LogP contribution in [0.15, 0.2) is 12.3 Å². The van der Waals surface area contributed by atoms with Gasteiger partial charge in [-0.15, -0.1) is 0 Å². The van der Waals surface area contributed by atoms with Gasteiger partial charge in [0.15, 0.2) is 0 Å². The summed E-state index contributed by atoms with van der Waals surface area (Å²) in [5.41, 5.74) is 0.153. The minimum atomic E-state index is -0.517. The maximum absolute atomic E-state index is 11.7. The van der Waals surface area contributed by atoms with E-state index in [0.717, 1.165) is 19.4 Å². The van der Waals surface area contributed by atoms with E-state index in [2.05, 4.69) is 28.7 Å². The zero-order valence-corrected chi connectivity index (χ0v) is 12.9. The average Bonchev–Trinajstić information content (AvgIpc) is 2.47. The molecule has 1 aliphatic rings. The predicted octanol–water partition coefficient (Wildman–Crippen LogP) is 1.64. The topological polar surface area (TPSA) is 75.5 Å². The van der Waals surface area contributed by atoms with E-state index in [9.17, 15) is 9.90 Å². The van der Waals surface area contributed by atoms with E-state index in [1.807, 2.05) is 0 Å². The number of carbonyl (C=O) groups excluding carboxylic acids is 1. The van der Waals surface area contributed by atoms with Crippen molar-refractivity contribution in [3.8, 4) is 0 Å². The Bertz CT molecular complexity index is 505. The first-order chi connectivity index (χ1) is 9.96. The van der Waals surface area contributed by atoms with Gasteiger partial charge < -0.3 is 14.7 Å². The third kappa shape index (κ3) is 3.69. The molecule has 1 aromatic rings. The molecule has 6 nitrogen and oxygen atoms in total. The Labute approximate surface area is 125 Å². The number of ether oxygens (including phenoxy) is 1. The Balaban J connectivity index is 2.26. The van der Waals surface area contributed by atoms with Crippen molar-refractivity contribution < 1.29 is 14.6 Å². The number of hydrogen-bond acceptors (Lipinski definition) is 6. The van der Waals surface area contributed by atoms with Crippen LogP contribution in [-0.4, -0.2) is 46.8 Å². The number of esters is 1. The minimum absolute atomic E-state index is 0.0305. The molecule has 1 atom stereocenters. The first-order valence-electron chi connectivity index (χ1n) is 7.34. The number of aromatic nitrogens is 2. The van der Waals surface area contributed by atoms with E-state index in [-0.39, 0.29) is 23.9 Å². The Morgan fingerprint density at radius 2 is 2.33 bits per heavy atom. The molecule has 2 rings (SSSR count). The highest BCUT2D eigenvalue weighted by atomic mass is 16.5. The summed E-state index contributed by atoms with van der Waals surface area (Å²) in [6, 6.07) is 1.80. The van der Waals surface area contributed by atoms with Crippen molar-refractivity contribution in [2.24, 2.45) is 5.41 Å². The summed E-state index contributed by atoms with van der Waals surface area (Å²) in [7, 11) is 0. The summed E-state index contributed by atoms with van der Waals surface area (Å²) in [6.45, 7) is 7.30. The van der Waals surface area contributed by atoms with Crippen molar-refractivity contribution in [3.05, 3.63) is 18.1 Å².